The number of alkyl halides is 3. The zero-order valence-electron chi connectivity index (χ0n) is 13.1. The summed E-state index contributed by atoms with van der Waals surface area (Å²) >= 11 is 0. The smallest absolute Gasteiger partial charge is 0.352 e. The lowest BCUT2D eigenvalue weighted by Crippen LogP contribution is -2.59. The maximum Gasteiger partial charge on any atom is 0.435 e. The van der Waals surface area contributed by atoms with Crippen LogP contribution in [0, 0.1) is 0 Å². The lowest BCUT2D eigenvalue weighted by atomic mass is 10.1. The van der Waals surface area contributed by atoms with Crippen LogP contribution in [0.15, 0.2) is 30.6 Å². The molecule has 0 unspecified atom stereocenters. The first-order valence-corrected chi connectivity index (χ1v) is 7.47. The van der Waals surface area contributed by atoms with Crippen LogP contribution in [0.1, 0.15) is 5.69 Å². The molecule has 0 bridgehead atoms. The van der Waals surface area contributed by atoms with E-state index in [-0.39, 0.29) is 6.04 Å². The van der Waals surface area contributed by atoms with E-state index in [4.69, 9.17) is 0 Å². The van der Waals surface area contributed by atoms with E-state index in [1.165, 1.54) is 12.4 Å². The molecule has 0 spiro atoms. The largest absolute Gasteiger partial charge is 0.435 e. The number of nitrogens with zero attached hydrogens (tertiary/aromatic N) is 8. The molecule has 1 saturated heterocycles. The van der Waals surface area contributed by atoms with Crippen LogP contribution in [-0.2, 0) is 6.18 Å². The summed E-state index contributed by atoms with van der Waals surface area (Å²) in [6, 6.07) is 6.08. The van der Waals surface area contributed by atoms with Gasteiger partial charge in [0.25, 0.3) is 0 Å². The number of hydrogen-bond acceptors (Lipinski definition) is 7. The molecule has 25 heavy (non-hydrogen) atoms. The molecule has 130 valence electrons. The summed E-state index contributed by atoms with van der Waals surface area (Å²) in [5.74, 6) is 1.19. The van der Waals surface area contributed by atoms with Gasteiger partial charge in [0.2, 0.25) is 0 Å². The van der Waals surface area contributed by atoms with E-state index in [0.717, 1.165) is 11.9 Å². The Kier molecular flexibility index (Phi) is 3.44. The first-order valence-electron chi connectivity index (χ1n) is 7.47. The Labute approximate surface area is 139 Å². The highest BCUT2D eigenvalue weighted by Gasteiger charge is 2.35. The van der Waals surface area contributed by atoms with E-state index in [1.807, 2.05) is 17.0 Å². The molecule has 0 aliphatic carbocycles. The summed E-state index contributed by atoms with van der Waals surface area (Å²) in [4.78, 5) is 3.87. The molecule has 0 N–H and O–H groups in total. The highest BCUT2D eigenvalue weighted by atomic mass is 19.4. The van der Waals surface area contributed by atoms with Crippen molar-refractivity contribution in [1.82, 2.24) is 30.0 Å². The molecule has 0 saturated carbocycles. The molecule has 3 aromatic rings. The summed E-state index contributed by atoms with van der Waals surface area (Å²) in [6.45, 7) is 1.36. The second-order valence-electron chi connectivity index (χ2n) is 5.77. The second kappa shape index (κ2) is 5.53. The van der Waals surface area contributed by atoms with Crippen molar-refractivity contribution < 1.29 is 13.2 Å². The van der Waals surface area contributed by atoms with Gasteiger partial charge in [-0.15, -0.1) is 25.5 Å². The van der Waals surface area contributed by atoms with Crippen LogP contribution in [0.4, 0.5) is 24.8 Å². The zero-order chi connectivity index (χ0) is 17.6. The van der Waals surface area contributed by atoms with Gasteiger partial charge in [0.15, 0.2) is 17.2 Å². The third-order valence-electron chi connectivity index (χ3n) is 4.18. The third kappa shape index (κ3) is 2.81. The van der Waals surface area contributed by atoms with E-state index in [2.05, 4.69) is 30.4 Å². The maximum atomic E-state index is 12.5. The monoisotopic (exact) mass is 350 g/mol. The molecular formula is C14H13F3N8. The molecule has 1 fully saturated rings. The average Bonchev–Trinajstić information content (AvgIpc) is 3.00. The standard InChI is InChI=1S/C14H13F3N8/c1-23(11-3-2-10(19-21-11)14(15,16)17)9-6-24(7-9)13-5-4-12-20-18-8-25(12)22-13/h2-5,8-9H,6-7H2,1H3. The molecule has 0 aromatic carbocycles. The predicted octanol–water partition coefficient (Wildman–Crippen LogP) is 1.26. The Morgan fingerprint density at radius 2 is 1.88 bits per heavy atom. The van der Waals surface area contributed by atoms with Crippen molar-refractivity contribution in [3.63, 3.8) is 0 Å². The van der Waals surface area contributed by atoms with Gasteiger partial charge in [0.1, 0.15) is 12.1 Å². The molecule has 0 amide bonds. The molecule has 3 aromatic heterocycles. The van der Waals surface area contributed by atoms with Crippen LogP contribution in [-0.4, -0.2) is 56.2 Å². The average molecular weight is 350 g/mol. The molecule has 0 atom stereocenters. The highest BCUT2D eigenvalue weighted by molar-refractivity contribution is 5.50. The van der Waals surface area contributed by atoms with Gasteiger partial charge in [-0.05, 0) is 24.3 Å². The fourth-order valence-corrected chi connectivity index (χ4v) is 2.63. The van der Waals surface area contributed by atoms with Gasteiger partial charge in [0.05, 0.1) is 6.04 Å². The molecule has 8 nitrogen and oxygen atoms in total. The minimum absolute atomic E-state index is 0.115. The van der Waals surface area contributed by atoms with Crippen molar-refractivity contribution in [3.8, 4) is 0 Å². The molecule has 4 rings (SSSR count). The quantitative estimate of drug-likeness (QED) is 0.704. The number of fused-ring (bicyclic) bond motifs is 1. The summed E-state index contributed by atoms with van der Waals surface area (Å²) in [5, 5.41) is 19.0. The minimum atomic E-state index is -4.48. The van der Waals surface area contributed by atoms with Crippen LogP contribution >= 0.6 is 0 Å². The summed E-state index contributed by atoms with van der Waals surface area (Å²) in [6.07, 6.45) is -2.95. The Balaban J connectivity index is 1.42. The van der Waals surface area contributed by atoms with E-state index in [0.29, 0.717) is 24.6 Å². The van der Waals surface area contributed by atoms with Crippen LogP contribution in [0.3, 0.4) is 0 Å². The van der Waals surface area contributed by atoms with Gasteiger partial charge in [-0.1, -0.05) is 0 Å². The Morgan fingerprint density at radius 1 is 1.08 bits per heavy atom. The molecular weight excluding hydrogens is 337 g/mol. The van der Waals surface area contributed by atoms with Crippen LogP contribution in [0.2, 0.25) is 0 Å². The SMILES string of the molecule is CN(c1ccc(C(F)(F)F)nn1)C1CN(c2ccc3nncn3n2)C1. The van der Waals surface area contributed by atoms with E-state index < -0.39 is 11.9 Å². The molecule has 1 aliphatic heterocycles. The van der Waals surface area contributed by atoms with E-state index in [1.54, 1.807) is 11.6 Å². The van der Waals surface area contributed by atoms with Crippen molar-refractivity contribution in [1.29, 1.82) is 0 Å². The van der Waals surface area contributed by atoms with Crippen molar-refractivity contribution in [2.24, 2.45) is 0 Å². The van der Waals surface area contributed by atoms with Crippen molar-refractivity contribution in [3.05, 3.63) is 36.3 Å². The Bertz CT molecular complexity index is 885. The molecule has 4 heterocycles. The lowest BCUT2D eigenvalue weighted by molar-refractivity contribution is -0.141. The first-order chi connectivity index (χ1) is 11.9. The Hall–Kier alpha value is -2.98. The Morgan fingerprint density at radius 3 is 2.56 bits per heavy atom. The topological polar surface area (TPSA) is 75.3 Å². The van der Waals surface area contributed by atoms with Crippen molar-refractivity contribution >= 4 is 17.3 Å². The zero-order valence-corrected chi connectivity index (χ0v) is 13.1. The van der Waals surface area contributed by atoms with Gasteiger partial charge in [0, 0.05) is 20.1 Å². The van der Waals surface area contributed by atoms with Gasteiger partial charge < -0.3 is 9.80 Å². The second-order valence-corrected chi connectivity index (χ2v) is 5.77. The van der Waals surface area contributed by atoms with E-state index >= 15 is 0 Å². The predicted molar refractivity (Wildman–Crippen MR) is 82.2 cm³/mol. The fraction of sp³-hybridized carbons (Fsp3) is 0.357. The summed E-state index contributed by atoms with van der Waals surface area (Å²) in [7, 11) is 1.79. The number of aromatic nitrogens is 6. The minimum Gasteiger partial charge on any atom is -0.352 e. The molecule has 0 radical (unpaired) electrons. The number of rotatable bonds is 3. The summed E-state index contributed by atoms with van der Waals surface area (Å²) in [5.41, 5.74) is -0.329. The highest BCUT2D eigenvalue weighted by Crippen LogP contribution is 2.28. The summed E-state index contributed by atoms with van der Waals surface area (Å²) < 4.78 is 39.2. The third-order valence-corrected chi connectivity index (χ3v) is 4.18. The fourth-order valence-electron chi connectivity index (χ4n) is 2.63. The number of anilines is 2. The van der Waals surface area contributed by atoms with Gasteiger partial charge >= 0.3 is 6.18 Å². The lowest BCUT2D eigenvalue weighted by Gasteiger charge is -2.44. The molecule has 11 heteroatoms. The number of likely N-dealkylation sites (N-methyl/N-ethyl adjacent to an activating group) is 1. The van der Waals surface area contributed by atoms with Gasteiger partial charge in [-0.25, -0.2) is 0 Å². The van der Waals surface area contributed by atoms with E-state index in [9.17, 15) is 13.2 Å². The van der Waals surface area contributed by atoms with Crippen LogP contribution in [0.25, 0.3) is 5.65 Å². The molecule has 1 aliphatic rings. The van der Waals surface area contributed by atoms with Gasteiger partial charge in [-0.2, -0.15) is 17.7 Å². The maximum absolute atomic E-state index is 12.5. The number of halogens is 3. The first kappa shape index (κ1) is 15.5. The van der Waals surface area contributed by atoms with Crippen LogP contribution in [0.5, 0.6) is 0 Å². The van der Waals surface area contributed by atoms with Crippen molar-refractivity contribution in [2.75, 3.05) is 29.9 Å². The number of hydrogen-bond donors (Lipinski definition) is 0. The van der Waals surface area contributed by atoms with Crippen LogP contribution < -0.4 is 9.80 Å². The van der Waals surface area contributed by atoms with Gasteiger partial charge in [-0.3, -0.25) is 0 Å². The normalized spacial score (nSPS) is 15.4. The van der Waals surface area contributed by atoms with Crippen molar-refractivity contribution in [2.45, 2.75) is 12.2 Å².